The Morgan fingerprint density at radius 2 is 1.86 bits per heavy atom. The molecule has 2 rings (SSSR count). The summed E-state index contributed by atoms with van der Waals surface area (Å²) in [5.74, 6) is 0.0856. The maximum atomic E-state index is 12.4. The second kappa shape index (κ2) is 5.71. The normalized spacial score (nSPS) is 11.8. The van der Waals surface area contributed by atoms with Gasteiger partial charge < -0.3 is 10.2 Å². The van der Waals surface area contributed by atoms with Gasteiger partial charge in [0, 0.05) is 24.7 Å². The molecule has 0 saturated carbocycles. The van der Waals surface area contributed by atoms with Gasteiger partial charge >= 0.3 is 0 Å². The Balaban J connectivity index is 2.24. The summed E-state index contributed by atoms with van der Waals surface area (Å²) in [5.41, 5.74) is 6.20. The Bertz CT molecular complexity index is 748. The van der Waals surface area contributed by atoms with Crippen molar-refractivity contribution in [2.45, 2.75) is 18.4 Å². The van der Waals surface area contributed by atoms with Crippen LogP contribution in [0.15, 0.2) is 45.9 Å². The van der Waals surface area contributed by atoms with Crippen molar-refractivity contribution in [1.82, 2.24) is 4.31 Å². The number of benzene rings is 1. The fraction of sp³-hybridized carbons (Fsp3) is 0.214. The van der Waals surface area contributed by atoms with E-state index in [9.17, 15) is 13.2 Å². The Labute approximate surface area is 123 Å². The average molecular weight is 308 g/mol. The van der Waals surface area contributed by atoms with Crippen LogP contribution in [-0.4, -0.2) is 25.7 Å². The standard InChI is InChI=1S/C14H16N2O4S/c1-10-12(7-8-20-10)9-16(2)21(18,19)13-5-3-11(4-6-13)14(15)17/h3-8H,9H2,1-2H3,(H2,15,17). The fourth-order valence-electron chi connectivity index (χ4n) is 1.87. The van der Waals surface area contributed by atoms with Crippen molar-refractivity contribution in [3.63, 3.8) is 0 Å². The summed E-state index contributed by atoms with van der Waals surface area (Å²) in [5, 5.41) is 0. The predicted molar refractivity (Wildman–Crippen MR) is 77.1 cm³/mol. The summed E-state index contributed by atoms with van der Waals surface area (Å²) in [6.07, 6.45) is 1.52. The topological polar surface area (TPSA) is 93.6 Å². The maximum absolute atomic E-state index is 12.4. The molecular weight excluding hydrogens is 292 g/mol. The summed E-state index contributed by atoms with van der Waals surface area (Å²) in [4.78, 5) is 11.1. The zero-order valence-electron chi connectivity index (χ0n) is 11.7. The molecule has 112 valence electrons. The van der Waals surface area contributed by atoms with Gasteiger partial charge in [-0.3, -0.25) is 4.79 Å². The third-order valence-electron chi connectivity index (χ3n) is 3.21. The smallest absolute Gasteiger partial charge is 0.248 e. The molecule has 7 heteroatoms. The number of primary amides is 1. The van der Waals surface area contributed by atoms with Gasteiger partial charge in [0.2, 0.25) is 15.9 Å². The van der Waals surface area contributed by atoms with E-state index >= 15 is 0 Å². The number of furan rings is 1. The highest BCUT2D eigenvalue weighted by atomic mass is 32.2. The molecule has 0 radical (unpaired) electrons. The van der Waals surface area contributed by atoms with Gasteiger partial charge in [-0.15, -0.1) is 0 Å². The molecule has 1 aromatic heterocycles. The van der Waals surface area contributed by atoms with Crippen LogP contribution in [0.1, 0.15) is 21.7 Å². The number of rotatable bonds is 5. The predicted octanol–water partition coefficient (Wildman–Crippen LogP) is 1.51. The lowest BCUT2D eigenvalue weighted by molar-refractivity contribution is 0.1000. The molecular formula is C14H16N2O4S. The van der Waals surface area contributed by atoms with Crippen LogP contribution < -0.4 is 5.73 Å². The van der Waals surface area contributed by atoms with Gasteiger partial charge in [0.1, 0.15) is 5.76 Å². The lowest BCUT2D eigenvalue weighted by Crippen LogP contribution is -2.26. The van der Waals surface area contributed by atoms with Gasteiger partial charge in [-0.25, -0.2) is 8.42 Å². The van der Waals surface area contributed by atoms with Crippen LogP contribution in [-0.2, 0) is 16.6 Å². The molecule has 0 atom stereocenters. The molecule has 0 fully saturated rings. The number of amides is 1. The summed E-state index contributed by atoms with van der Waals surface area (Å²) >= 11 is 0. The van der Waals surface area contributed by atoms with Crippen molar-refractivity contribution >= 4 is 15.9 Å². The Morgan fingerprint density at radius 3 is 2.33 bits per heavy atom. The zero-order valence-corrected chi connectivity index (χ0v) is 12.6. The fourth-order valence-corrected chi connectivity index (χ4v) is 3.02. The van der Waals surface area contributed by atoms with E-state index < -0.39 is 15.9 Å². The zero-order chi connectivity index (χ0) is 15.6. The van der Waals surface area contributed by atoms with Crippen LogP contribution in [0.3, 0.4) is 0 Å². The van der Waals surface area contributed by atoms with Crippen molar-refractivity contribution < 1.29 is 17.6 Å². The number of carbonyl (C=O) groups excluding carboxylic acids is 1. The van der Waals surface area contributed by atoms with Gasteiger partial charge in [-0.1, -0.05) is 0 Å². The summed E-state index contributed by atoms with van der Waals surface area (Å²) < 4.78 is 31.2. The molecule has 2 N–H and O–H groups in total. The van der Waals surface area contributed by atoms with E-state index in [4.69, 9.17) is 10.2 Å². The van der Waals surface area contributed by atoms with E-state index in [0.717, 1.165) is 5.56 Å². The van der Waals surface area contributed by atoms with E-state index in [2.05, 4.69) is 0 Å². The monoisotopic (exact) mass is 308 g/mol. The minimum absolute atomic E-state index is 0.108. The van der Waals surface area contributed by atoms with E-state index in [1.165, 1.54) is 41.9 Å². The first-order chi connectivity index (χ1) is 9.82. The van der Waals surface area contributed by atoms with Gasteiger partial charge in [0.05, 0.1) is 11.2 Å². The van der Waals surface area contributed by atoms with E-state index in [-0.39, 0.29) is 17.0 Å². The molecule has 6 nitrogen and oxygen atoms in total. The Morgan fingerprint density at radius 1 is 1.24 bits per heavy atom. The number of hydrogen-bond acceptors (Lipinski definition) is 4. The quantitative estimate of drug-likeness (QED) is 0.906. The van der Waals surface area contributed by atoms with Crippen LogP contribution >= 0.6 is 0 Å². The first-order valence-electron chi connectivity index (χ1n) is 6.21. The number of nitrogens with two attached hydrogens (primary N) is 1. The van der Waals surface area contributed by atoms with Crippen LogP contribution in [0.2, 0.25) is 0 Å². The molecule has 1 heterocycles. The van der Waals surface area contributed by atoms with Crippen LogP contribution in [0.25, 0.3) is 0 Å². The van der Waals surface area contributed by atoms with Crippen LogP contribution in [0.4, 0.5) is 0 Å². The number of nitrogens with zero attached hydrogens (tertiary/aromatic N) is 1. The second-order valence-corrected chi connectivity index (χ2v) is 6.70. The molecule has 0 spiro atoms. The largest absolute Gasteiger partial charge is 0.469 e. The molecule has 0 aliphatic heterocycles. The van der Waals surface area contributed by atoms with Crippen molar-refractivity contribution in [1.29, 1.82) is 0 Å². The van der Waals surface area contributed by atoms with Gasteiger partial charge in [-0.2, -0.15) is 4.31 Å². The summed E-state index contributed by atoms with van der Waals surface area (Å²) in [7, 11) is -2.14. The molecule has 21 heavy (non-hydrogen) atoms. The second-order valence-electron chi connectivity index (χ2n) is 4.65. The van der Waals surface area contributed by atoms with Crippen molar-refractivity contribution in [3.05, 3.63) is 53.5 Å². The summed E-state index contributed by atoms with van der Waals surface area (Å²) in [6, 6.07) is 7.26. The molecule has 0 aliphatic carbocycles. The summed E-state index contributed by atoms with van der Waals surface area (Å²) in [6.45, 7) is 1.99. The minimum atomic E-state index is -3.63. The average Bonchev–Trinajstić information content (AvgIpc) is 2.84. The van der Waals surface area contributed by atoms with Gasteiger partial charge in [0.15, 0.2) is 0 Å². The highest BCUT2D eigenvalue weighted by molar-refractivity contribution is 7.89. The lowest BCUT2D eigenvalue weighted by Gasteiger charge is -2.17. The highest BCUT2D eigenvalue weighted by Gasteiger charge is 2.22. The Kier molecular flexibility index (Phi) is 4.15. The third kappa shape index (κ3) is 3.14. The van der Waals surface area contributed by atoms with E-state index in [1.54, 1.807) is 13.0 Å². The highest BCUT2D eigenvalue weighted by Crippen LogP contribution is 2.19. The molecule has 0 aliphatic rings. The van der Waals surface area contributed by atoms with Crippen LogP contribution in [0.5, 0.6) is 0 Å². The SMILES string of the molecule is Cc1occc1CN(C)S(=O)(=O)c1ccc(C(N)=O)cc1. The molecule has 0 saturated heterocycles. The Hall–Kier alpha value is -2.12. The molecule has 0 bridgehead atoms. The van der Waals surface area contributed by atoms with Gasteiger partial charge in [-0.05, 0) is 37.3 Å². The maximum Gasteiger partial charge on any atom is 0.248 e. The van der Waals surface area contributed by atoms with Crippen molar-refractivity contribution in [2.75, 3.05) is 7.05 Å². The first kappa shape index (κ1) is 15.3. The molecule has 2 aromatic rings. The number of carbonyl (C=O) groups is 1. The van der Waals surface area contributed by atoms with Crippen molar-refractivity contribution in [2.24, 2.45) is 5.73 Å². The third-order valence-corrected chi connectivity index (χ3v) is 5.02. The number of hydrogen-bond donors (Lipinski definition) is 1. The molecule has 1 amide bonds. The van der Waals surface area contributed by atoms with E-state index in [0.29, 0.717) is 5.76 Å². The molecule has 0 unspecified atom stereocenters. The van der Waals surface area contributed by atoms with Crippen molar-refractivity contribution in [3.8, 4) is 0 Å². The van der Waals surface area contributed by atoms with Gasteiger partial charge in [0.25, 0.3) is 0 Å². The van der Waals surface area contributed by atoms with Crippen LogP contribution in [0, 0.1) is 6.92 Å². The molecule has 1 aromatic carbocycles. The number of aryl methyl sites for hydroxylation is 1. The lowest BCUT2D eigenvalue weighted by atomic mass is 10.2. The first-order valence-corrected chi connectivity index (χ1v) is 7.65. The van der Waals surface area contributed by atoms with E-state index in [1.807, 2.05) is 0 Å². The minimum Gasteiger partial charge on any atom is -0.469 e. The number of sulfonamides is 1.